The molecule has 1 atom stereocenters. The molecule has 0 N–H and O–H groups in total. The molecule has 3 nitrogen and oxygen atoms in total. The minimum Gasteiger partial charge on any atom is -0.390 e. The number of rotatable bonds is 2. The second kappa shape index (κ2) is 4.50. The average molecular weight is 293 g/mol. The Bertz CT molecular complexity index is 502. The van der Waals surface area contributed by atoms with Gasteiger partial charge < -0.3 is 4.84 Å². The molecule has 0 saturated carbocycles. The van der Waals surface area contributed by atoms with Crippen LogP contribution in [0, 0.1) is 16.7 Å². The summed E-state index contributed by atoms with van der Waals surface area (Å²) in [6.45, 7) is 4.11. The zero-order chi connectivity index (χ0) is 12.5. The average Bonchev–Trinajstić information content (AvgIpc) is 2.57. The van der Waals surface area contributed by atoms with Crippen molar-refractivity contribution in [1.29, 1.82) is 5.26 Å². The Balaban J connectivity index is 2.37. The monoisotopic (exact) mass is 292 g/mol. The molecule has 0 fully saturated rings. The van der Waals surface area contributed by atoms with Crippen molar-refractivity contribution in [1.82, 2.24) is 0 Å². The molecule has 0 saturated heterocycles. The molecule has 2 rings (SSSR count). The number of nitriles is 1. The maximum Gasteiger partial charge on any atom is 0.151 e. The predicted octanol–water partition coefficient (Wildman–Crippen LogP) is 3.49. The Morgan fingerprint density at radius 3 is 2.82 bits per heavy atom. The summed E-state index contributed by atoms with van der Waals surface area (Å²) in [6, 6.07) is 10.1. The van der Waals surface area contributed by atoms with Crippen LogP contribution >= 0.6 is 15.9 Å². The first-order valence-electron chi connectivity index (χ1n) is 5.43. The highest BCUT2D eigenvalue weighted by molar-refractivity contribution is 9.10. The standard InChI is InChI=1S/C13H13BrN2O/c1-13(2)11(7-8-15)17-16-12(13)9-5-3-4-6-10(9)14/h3-6,11H,7H2,1-2H3. The summed E-state index contributed by atoms with van der Waals surface area (Å²) in [5.41, 5.74) is 1.67. The third-order valence-corrected chi connectivity index (χ3v) is 3.78. The molecular weight excluding hydrogens is 280 g/mol. The number of hydrogen-bond donors (Lipinski definition) is 0. The minimum absolute atomic E-state index is 0.172. The molecule has 1 aliphatic rings. The van der Waals surface area contributed by atoms with E-state index in [1.54, 1.807) is 0 Å². The smallest absolute Gasteiger partial charge is 0.151 e. The van der Waals surface area contributed by atoms with Gasteiger partial charge in [0.05, 0.1) is 23.6 Å². The Morgan fingerprint density at radius 1 is 1.47 bits per heavy atom. The first kappa shape index (κ1) is 12.1. The minimum atomic E-state index is -0.250. The molecule has 0 bridgehead atoms. The lowest BCUT2D eigenvalue weighted by atomic mass is 9.78. The number of benzene rings is 1. The van der Waals surface area contributed by atoms with E-state index in [1.807, 2.05) is 24.3 Å². The van der Waals surface area contributed by atoms with Crippen molar-refractivity contribution in [3.05, 3.63) is 34.3 Å². The van der Waals surface area contributed by atoms with E-state index in [2.05, 4.69) is 41.0 Å². The van der Waals surface area contributed by atoms with E-state index in [4.69, 9.17) is 10.1 Å². The highest BCUT2D eigenvalue weighted by atomic mass is 79.9. The van der Waals surface area contributed by atoms with Gasteiger partial charge in [-0.25, -0.2) is 0 Å². The zero-order valence-corrected chi connectivity index (χ0v) is 11.4. The van der Waals surface area contributed by atoms with Gasteiger partial charge in [0, 0.05) is 10.0 Å². The van der Waals surface area contributed by atoms with Gasteiger partial charge in [0.25, 0.3) is 0 Å². The van der Waals surface area contributed by atoms with Crippen LogP contribution in [-0.2, 0) is 4.84 Å². The molecule has 1 unspecified atom stereocenters. The highest BCUT2D eigenvalue weighted by Gasteiger charge is 2.42. The summed E-state index contributed by atoms with van der Waals surface area (Å²) in [7, 11) is 0. The molecular formula is C13H13BrN2O. The normalized spacial score (nSPS) is 21.5. The fourth-order valence-corrected chi connectivity index (χ4v) is 2.42. The van der Waals surface area contributed by atoms with Crippen LogP contribution in [0.15, 0.2) is 33.9 Å². The van der Waals surface area contributed by atoms with E-state index in [0.717, 1.165) is 15.7 Å². The van der Waals surface area contributed by atoms with Crippen LogP contribution in [0.25, 0.3) is 0 Å². The van der Waals surface area contributed by atoms with Crippen molar-refractivity contribution in [3.63, 3.8) is 0 Å². The molecule has 0 amide bonds. The predicted molar refractivity (Wildman–Crippen MR) is 69.6 cm³/mol. The van der Waals surface area contributed by atoms with E-state index < -0.39 is 0 Å². The fraction of sp³-hybridized carbons (Fsp3) is 0.385. The molecule has 4 heteroatoms. The Labute approximate surface area is 109 Å². The van der Waals surface area contributed by atoms with Crippen LogP contribution in [0.4, 0.5) is 0 Å². The molecule has 0 radical (unpaired) electrons. The number of halogens is 1. The summed E-state index contributed by atoms with van der Waals surface area (Å²) in [5.74, 6) is 0. The molecule has 88 valence electrons. The lowest BCUT2D eigenvalue weighted by Gasteiger charge is -2.24. The van der Waals surface area contributed by atoms with Gasteiger partial charge in [-0.05, 0) is 6.07 Å². The van der Waals surface area contributed by atoms with Gasteiger partial charge in [-0.3, -0.25) is 0 Å². The third-order valence-electron chi connectivity index (χ3n) is 3.09. The van der Waals surface area contributed by atoms with Crippen LogP contribution < -0.4 is 0 Å². The van der Waals surface area contributed by atoms with Gasteiger partial charge in [-0.15, -0.1) is 0 Å². The van der Waals surface area contributed by atoms with Crippen molar-refractivity contribution in [2.45, 2.75) is 26.4 Å². The van der Waals surface area contributed by atoms with Crippen LogP contribution in [0.1, 0.15) is 25.8 Å². The van der Waals surface area contributed by atoms with E-state index in [1.165, 1.54) is 0 Å². The van der Waals surface area contributed by atoms with Gasteiger partial charge in [0.2, 0.25) is 0 Å². The quantitative estimate of drug-likeness (QED) is 0.837. The number of nitrogens with zero attached hydrogens (tertiary/aromatic N) is 2. The number of hydrogen-bond acceptors (Lipinski definition) is 3. The van der Waals surface area contributed by atoms with E-state index >= 15 is 0 Å². The Kier molecular flexibility index (Phi) is 3.21. The summed E-state index contributed by atoms with van der Waals surface area (Å²) in [5, 5.41) is 12.9. The fourth-order valence-electron chi connectivity index (χ4n) is 1.94. The first-order valence-corrected chi connectivity index (χ1v) is 6.23. The van der Waals surface area contributed by atoms with Crippen LogP contribution in [0.2, 0.25) is 0 Å². The lowest BCUT2D eigenvalue weighted by molar-refractivity contribution is 0.0403. The summed E-state index contributed by atoms with van der Waals surface area (Å²) in [6.07, 6.45) is 0.180. The third kappa shape index (κ3) is 2.07. The Hall–Kier alpha value is -1.34. The summed E-state index contributed by atoms with van der Waals surface area (Å²) < 4.78 is 0.994. The van der Waals surface area contributed by atoms with Gasteiger partial charge in [0.15, 0.2) is 6.10 Å². The molecule has 0 spiro atoms. The molecule has 1 aromatic carbocycles. The van der Waals surface area contributed by atoms with E-state index in [9.17, 15) is 0 Å². The van der Waals surface area contributed by atoms with E-state index in [-0.39, 0.29) is 11.5 Å². The van der Waals surface area contributed by atoms with Crippen molar-refractivity contribution < 1.29 is 4.84 Å². The van der Waals surface area contributed by atoms with Gasteiger partial charge >= 0.3 is 0 Å². The van der Waals surface area contributed by atoms with Gasteiger partial charge in [-0.1, -0.05) is 53.1 Å². The molecule has 17 heavy (non-hydrogen) atoms. The second-order valence-corrected chi connectivity index (χ2v) is 5.45. The van der Waals surface area contributed by atoms with Gasteiger partial charge in [0.1, 0.15) is 0 Å². The SMILES string of the molecule is CC1(C)C(c2ccccc2Br)=NOC1CC#N. The van der Waals surface area contributed by atoms with Crippen molar-refractivity contribution >= 4 is 21.6 Å². The topological polar surface area (TPSA) is 45.4 Å². The summed E-state index contributed by atoms with van der Waals surface area (Å²) in [4.78, 5) is 5.38. The maximum absolute atomic E-state index is 8.78. The molecule has 0 aliphatic carbocycles. The first-order chi connectivity index (χ1) is 8.07. The number of oxime groups is 1. The van der Waals surface area contributed by atoms with Gasteiger partial charge in [-0.2, -0.15) is 5.26 Å². The Morgan fingerprint density at radius 2 is 2.18 bits per heavy atom. The zero-order valence-electron chi connectivity index (χ0n) is 9.77. The lowest BCUT2D eigenvalue weighted by Crippen LogP contribution is -2.33. The highest BCUT2D eigenvalue weighted by Crippen LogP contribution is 2.37. The van der Waals surface area contributed by atoms with Crippen LogP contribution in [0.3, 0.4) is 0 Å². The second-order valence-electron chi connectivity index (χ2n) is 4.60. The summed E-state index contributed by atoms with van der Waals surface area (Å²) >= 11 is 3.52. The van der Waals surface area contributed by atoms with Crippen LogP contribution in [-0.4, -0.2) is 11.8 Å². The van der Waals surface area contributed by atoms with Crippen molar-refractivity contribution in [3.8, 4) is 6.07 Å². The maximum atomic E-state index is 8.78. The molecule has 1 aromatic rings. The molecule has 1 heterocycles. The molecule has 1 aliphatic heterocycles. The largest absolute Gasteiger partial charge is 0.390 e. The van der Waals surface area contributed by atoms with E-state index in [0.29, 0.717) is 6.42 Å². The van der Waals surface area contributed by atoms with Crippen molar-refractivity contribution in [2.24, 2.45) is 10.6 Å². The van der Waals surface area contributed by atoms with Crippen LogP contribution in [0.5, 0.6) is 0 Å². The van der Waals surface area contributed by atoms with Crippen molar-refractivity contribution in [2.75, 3.05) is 0 Å². The molecule has 0 aromatic heterocycles.